The monoisotopic (exact) mass is 496 g/mol. The summed E-state index contributed by atoms with van der Waals surface area (Å²) in [6.45, 7) is 1.67. The third-order valence-corrected chi connectivity index (χ3v) is 6.68. The maximum atomic E-state index is 13.6. The number of halogens is 1. The zero-order valence-electron chi connectivity index (χ0n) is 17.8. The summed E-state index contributed by atoms with van der Waals surface area (Å²) in [5, 5.41) is 10.1. The second kappa shape index (κ2) is 8.54. The third-order valence-electron chi connectivity index (χ3n) is 5.37. The van der Waals surface area contributed by atoms with Crippen LogP contribution >= 0.6 is 22.9 Å². The second-order valence-corrected chi connectivity index (χ2v) is 9.03. The number of amides is 2. The highest BCUT2D eigenvalue weighted by atomic mass is 35.5. The van der Waals surface area contributed by atoms with Crippen molar-refractivity contribution in [3.63, 3.8) is 0 Å². The van der Waals surface area contributed by atoms with Crippen molar-refractivity contribution >= 4 is 50.9 Å². The lowest BCUT2D eigenvalue weighted by Crippen LogP contribution is -2.29. The fraction of sp³-hybridized carbons (Fsp3) is 0.174. The summed E-state index contributed by atoms with van der Waals surface area (Å²) < 4.78 is 11.2. The molecule has 0 saturated carbocycles. The van der Waals surface area contributed by atoms with Crippen LogP contribution in [0, 0.1) is 0 Å². The molecule has 2 aromatic heterocycles. The summed E-state index contributed by atoms with van der Waals surface area (Å²) in [6.07, 6.45) is 0.656. The standard InChI is InChI=1S/C23H17ClN4O5S/c1-2-17-26-27-23(34-17)28-19(11-3-6-13(7-4-11)32-10-16(25)29)18-20(30)14-9-12(24)5-8-15(14)33-21(18)22(28)31/h3-9,19H,2,10H2,1H3,(H2,25,29). The molecule has 0 radical (unpaired) electrons. The number of anilines is 1. The molecule has 2 N–H and O–H groups in total. The molecule has 0 spiro atoms. The summed E-state index contributed by atoms with van der Waals surface area (Å²) in [7, 11) is 0. The van der Waals surface area contributed by atoms with E-state index < -0.39 is 17.9 Å². The quantitative estimate of drug-likeness (QED) is 0.432. The fourth-order valence-electron chi connectivity index (χ4n) is 3.84. The lowest BCUT2D eigenvalue weighted by Gasteiger charge is -2.22. The van der Waals surface area contributed by atoms with E-state index in [1.54, 1.807) is 36.4 Å². The van der Waals surface area contributed by atoms with Gasteiger partial charge in [0.2, 0.25) is 10.9 Å². The van der Waals surface area contributed by atoms with Crippen LogP contribution in [0.5, 0.6) is 5.75 Å². The summed E-state index contributed by atoms with van der Waals surface area (Å²) in [5.74, 6) is -0.717. The van der Waals surface area contributed by atoms with Crippen LogP contribution in [-0.2, 0) is 11.2 Å². The van der Waals surface area contributed by atoms with Gasteiger partial charge in [-0.2, -0.15) is 0 Å². The molecule has 3 heterocycles. The van der Waals surface area contributed by atoms with Crippen molar-refractivity contribution < 1.29 is 18.7 Å². The first-order valence-electron chi connectivity index (χ1n) is 10.3. The average Bonchev–Trinajstić information content (AvgIpc) is 3.41. The molecule has 0 saturated heterocycles. The van der Waals surface area contributed by atoms with Crippen LogP contribution in [0.1, 0.15) is 39.7 Å². The molecule has 0 fully saturated rings. The minimum atomic E-state index is -0.801. The summed E-state index contributed by atoms with van der Waals surface area (Å²) in [4.78, 5) is 39.5. The number of nitrogens with zero attached hydrogens (tertiary/aromatic N) is 3. The Balaban J connectivity index is 1.68. The molecule has 2 aromatic carbocycles. The van der Waals surface area contributed by atoms with Crippen molar-refractivity contribution in [2.75, 3.05) is 11.5 Å². The molecule has 1 unspecified atom stereocenters. The number of primary amides is 1. The summed E-state index contributed by atoms with van der Waals surface area (Å²) in [5.41, 5.74) is 5.87. The zero-order valence-corrected chi connectivity index (χ0v) is 19.4. The molecule has 1 aliphatic rings. The van der Waals surface area contributed by atoms with E-state index in [1.165, 1.54) is 22.3 Å². The van der Waals surface area contributed by atoms with Crippen molar-refractivity contribution in [1.82, 2.24) is 10.2 Å². The molecular weight excluding hydrogens is 480 g/mol. The first-order valence-corrected chi connectivity index (χ1v) is 11.5. The Labute approximate surface area is 201 Å². The van der Waals surface area contributed by atoms with Crippen LogP contribution in [0.4, 0.5) is 5.13 Å². The minimum absolute atomic E-state index is 0.0490. The largest absolute Gasteiger partial charge is 0.484 e. The maximum Gasteiger partial charge on any atom is 0.297 e. The van der Waals surface area contributed by atoms with Gasteiger partial charge in [-0.1, -0.05) is 42.0 Å². The van der Waals surface area contributed by atoms with Crippen LogP contribution in [0.15, 0.2) is 51.7 Å². The van der Waals surface area contributed by atoms with Gasteiger partial charge in [-0.3, -0.25) is 19.3 Å². The number of benzene rings is 2. The molecule has 34 heavy (non-hydrogen) atoms. The topological polar surface area (TPSA) is 129 Å². The average molecular weight is 497 g/mol. The molecule has 5 rings (SSSR count). The van der Waals surface area contributed by atoms with Gasteiger partial charge < -0.3 is 14.9 Å². The molecule has 11 heteroatoms. The molecule has 0 bridgehead atoms. The molecule has 1 atom stereocenters. The van der Waals surface area contributed by atoms with Gasteiger partial charge >= 0.3 is 0 Å². The van der Waals surface area contributed by atoms with E-state index in [0.717, 1.165) is 5.01 Å². The van der Waals surface area contributed by atoms with E-state index in [2.05, 4.69) is 10.2 Å². The predicted octanol–water partition coefficient (Wildman–Crippen LogP) is 3.47. The number of nitrogens with two attached hydrogens (primary N) is 1. The van der Waals surface area contributed by atoms with Crippen LogP contribution in [0.25, 0.3) is 11.0 Å². The minimum Gasteiger partial charge on any atom is -0.484 e. The number of aryl methyl sites for hydroxylation is 1. The van der Waals surface area contributed by atoms with Gasteiger partial charge in [0.25, 0.3) is 11.8 Å². The van der Waals surface area contributed by atoms with Gasteiger partial charge in [0, 0.05) is 5.02 Å². The molecule has 9 nitrogen and oxygen atoms in total. The van der Waals surface area contributed by atoms with Gasteiger partial charge in [-0.25, -0.2) is 0 Å². The summed E-state index contributed by atoms with van der Waals surface area (Å²) in [6, 6.07) is 10.6. The maximum absolute atomic E-state index is 13.6. The van der Waals surface area contributed by atoms with E-state index >= 15 is 0 Å². The van der Waals surface area contributed by atoms with E-state index in [-0.39, 0.29) is 34.3 Å². The van der Waals surface area contributed by atoms with Crippen LogP contribution < -0.4 is 20.8 Å². The van der Waals surface area contributed by atoms with Crippen LogP contribution in [-0.4, -0.2) is 28.6 Å². The predicted molar refractivity (Wildman–Crippen MR) is 127 cm³/mol. The first kappa shape index (κ1) is 22.1. The Hall–Kier alpha value is -3.76. The van der Waals surface area contributed by atoms with E-state index in [9.17, 15) is 14.4 Å². The smallest absolute Gasteiger partial charge is 0.297 e. The zero-order chi connectivity index (χ0) is 24.0. The highest BCUT2D eigenvalue weighted by molar-refractivity contribution is 7.15. The number of hydrogen-bond acceptors (Lipinski definition) is 8. The molecule has 2 amide bonds. The van der Waals surface area contributed by atoms with Crippen molar-refractivity contribution in [2.24, 2.45) is 5.73 Å². The molecular formula is C23H17ClN4O5S. The molecule has 172 valence electrons. The SMILES string of the molecule is CCc1nnc(N2C(=O)c3oc4ccc(Cl)cc4c(=O)c3C2c2ccc(OCC(N)=O)cc2)s1. The number of ether oxygens (including phenoxy) is 1. The number of carbonyl (C=O) groups excluding carboxylic acids is 2. The van der Waals surface area contributed by atoms with Crippen LogP contribution in [0.2, 0.25) is 5.02 Å². The van der Waals surface area contributed by atoms with Gasteiger partial charge in [-0.15, -0.1) is 10.2 Å². The van der Waals surface area contributed by atoms with E-state index in [1.807, 2.05) is 6.92 Å². The van der Waals surface area contributed by atoms with Crippen LogP contribution in [0.3, 0.4) is 0 Å². The highest BCUT2D eigenvalue weighted by Crippen LogP contribution is 2.42. The van der Waals surface area contributed by atoms with Gasteiger partial charge in [-0.05, 0) is 42.3 Å². The van der Waals surface area contributed by atoms with Crippen molar-refractivity contribution in [1.29, 1.82) is 0 Å². The Morgan fingerprint density at radius 3 is 2.65 bits per heavy atom. The Kier molecular flexibility index (Phi) is 5.54. The number of carbonyl (C=O) groups is 2. The molecule has 4 aromatic rings. The lowest BCUT2D eigenvalue weighted by molar-refractivity contribution is -0.119. The normalized spacial score (nSPS) is 15.1. The van der Waals surface area contributed by atoms with Crippen molar-refractivity contribution in [2.45, 2.75) is 19.4 Å². The first-order chi connectivity index (χ1) is 16.4. The van der Waals surface area contributed by atoms with E-state index in [4.69, 9.17) is 26.5 Å². The molecule has 0 aliphatic carbocycles. The Bertz CT molecular complexity index is 1500. The second-order valence-electron chi connectivity index (χ2n) is 7.55. The number of rotatable bonds is 6. The van der Waals surface area contributed by atoms with Gasteiger partial charge in [0.1, 0.15) is 16.3 Å². The van der Waals surface area contributed by atoms with Gasteiger partial charge in [0.05, 0.1) is 17.0 Å². The van der Waals surface area contributed by atoms with E-state index in [0.29, 0.717) is 27.9 Å². The lowest BCUT2D eigenvalue weighted by atomic mass is 9.98. The Morgan fingerprint density at radius 2 is 1.97 bits per heavy atom. The third kappa shape index (κ3) is 3.70. The number of fused-ring (bicyclic) bond motifs is 2. The fourth-order valence-corrected chi connectivity index (χ4v) is 4.82. The highest BCUT2D eigenvalue weighted by Gasteiger charge is 2.45. The Morgan fingerprint density at radius 1 is 1.21 bits per heavy atom. The number of aromatic nitrogens is 2. The molecule has 1 aliphatic heterocycles. The van der Waals surface area contributed by atoms with Crippen molar-refractivity contribution in [3.05, 3.63) is 79.6 Å². The summed E-state index contributed by atoms with van der Waals surface area (Å²) >= 11 is 7.39. The number of hydrogen-bond donors (Lipinski definition) is 1. The van der Waals surface area contributed by atoms with Gasteiger partial charge in [0.15, 0.2) is 12.0 Å². The van der Waals surface area contributed by atoms with Crippen molar-refractivity contribution in [3.8, 4) is 5.75 Å².